The quantitative estimate of drug-likeness (QED) is 0.441. The molecule has 1 N–H and O–H groups in total. The van der Waals surface area contributed by atoms with Crippen molar-refractivity contribution in [2.45, 2.75) is 25.4 Å². The first-order valence-electron chi connectivity index (χ1n) is 10.7. The van der Waals surface area contributed by atoms with Crippen molar-refractivity contribution in [2.24, 2.45) is 0 Å². The third kappa shape index (κ3) is 4.40. The summed E-state index contributed by atoms with van der Waals surface area (Å²) in [6.45, 7) is 3.21. The molecule has 31 heavy (non-hydrogen) atoms. The van der Waals surface area contributed by atoms with Crippen LogP contribution in [-0.2, 0) is 6.54 Å². The van der Waals surface area contributed by atoms with Crippen molar-refractivity contribution in [3.05, 3.63) is 71.9 Å². The fourth-order valence-electron chi connectivity index (χ4n) is 4.24. The Morgan fingerprint density at radius 3 is 2.55 bits per heavy atom. The molecule has 3 heterocycles. The summed E-state index contributed by atoms with van der Waals surface area (Å²) in [7, 11) is 1.69. The van der Waals surface area contributed by atoms with Gasteiger partial charge < -0.3 is 10.1 Å². The van der Waals surface area contributed by atoms with E-state index in [2.05, 4.69) is 68.0 Å². The average molecular weight is 431 g/mol. The second-order valence-electron chi connectivity index (χ2n) is 7.96. The first kappa shape index (κ1) is 20.0. The molecule has 2 aromatic carbocycles. The second kappa shape index (κ2) is 9.04. The van der Waals surface area contributed by atoms with E-state index in [-0.39, 0.29) is 0 Å². The zero-order valence-electron chi connectivity index (χ0n) is 17.6. The normalized spacial score (nSPS) is 15.3. The fraction of sp³-hybridized carbons (Fsp3) is 0.280. The largest absolute Gasteiger partial charge is 0.497 e. The van der Waals surface area contributed by atoms with Gasteiger partial charge in [0.25, 0.3) is 0 Å². The zero-order chi connectivity index (χ0) is 21.0. The van der Waals surface area contributed by atoms with E-state index in [9.17, 15) is 0 Å². The Labute approximate surface area is 186 Å². The van der Waals surface area contributed by atoms with Crippen LogP contribution in [0.4, 0.5) is 5.82 Å². The van der Waals surface area contributed by atoms with E-state index < -0.39 is 0 Å². The lowest BCUT2D eigenvalue weighted by Crippen LogP contribution is -2.38. The van der Waals surface area contributed by atoms with Crippen molar-refractivity contribution >= 4 is 27.4 Å². The van der Waals surface area contributed by atoms with Crippen LogP contribution in [0.3, 0.4) is 0 Å². The van der Waals surface area contributed by atoms with Gasteiger partial charge in [0.15, 0.2) is 0 Å². The van der Waals surface area contributed by atoms with Crippen LogP contribution >= 0.6 is 11.3 Å². The maximum Gasteiger partial charge on any atom is 0.139 e. The minimum absolute atomic E-state index is 0.425. The number of rotatable bonds is 6. The molecule has 1 aliphatic heterocycles. The predicted octanol–water partition coefficient (Wildman–Crippen LogP) is 5.44. The van der Waals surface area contributed by atoms with Crippen LogP contribution in [0.1, 0.15) is 18.4 Å². The van der Waals surface area contributed by atoms with E-state index >= 15 is 0 Å². The first-order chi connectivity index (χ1) is 15.3. The Morgan fingerprint density at radius 2 is 1.81 bits per heavy atom. The minimum Gasteiger partial charge on any atom is -0.497 e. The topological polar surface area (TPSA) is 50.3 Å². The maximum atomic E-state index is 5.31. The number of benzene rings is 2. The molecule has 1 saturated heterocycles. The van der Waals surface area contributed by atoms with Crippen LogP contribution in [0.15, 0.2) is 66.3 Å². The highest BCUT2D eigenvalue weighted by Crippen LogP contribution is 2.37. The maximum absolute atomic E-state index is 5.31. The van der Waals surface area contributed by atoms with Gasteiger partial charge in [-0.15, -0.1) is 11.3 Å². The Balaban J connectivity index is 1.31. The number of fused-ring (bicyclic) bond motifs is 1. The number of hydrogen-bond donors (Lipinski definition) is 1. The molecule has 4 aromatic rings. The molecule has 0 bridgehead atoms. The smallest absolute Gasteiger partial charge is 0.139 e. The number of aromatic nitrogens is 2. The highest BCUT2D eigenvalue weighted by molar-refractivity contribution is 7.17. The number of anilines is 1. The van der Waals surface area contributed by atoms with Crippen LogP contribution < -0.4 is 10.1 Å². The second-order valence-corrected chi connectivity index (χ2v) is 8.82. The number of hydrogen-bond acceptors (Lipinski definition) is 6. The van der Waals surface area contributed by atoms with Crippen LogP contribution in [-0.4, -0.2) is 41.1 Å². The minimum atomic E-state index is 0.425. The Kier molecular flexibility index (Phi) is 5.82. The fourth-order valence-corrected chi connectivity index (χ4v) is 5.15. The summed E-state index contributed by atoms with van der Waals surface area (Å²) in [5.74, 6) is 1.80. The van der Waals surface area contributed by atoms with Gasteiger partial charge in [0, 0.05) is 36.6 Å². The molecular formula is C25H26N4OS. The van der Waals surface area contributed by atoms with Crippen LogP contribution in [0.5, 0.6) is 5.75 Å². The molecule has 158 valence electrons. The number of ether oxygens (including phenoxy) is 1. The number of nitrogens with one attached hydrogen (secondary N) is 1. The number of piperidine rings is 1. The third-order valence-electron chi connectivity index (χ3n) is 5.95. The van der Waals surface area contributed by atoms with E-state index in [1.54, 1.807) is 24.8 Å². The molecule has 6 heteroatoms. The lowest BCUT2D eigenvalue weighted by Gasteiger charge is -2.32. The number of methoxy groups -OCH3 is 1. The number of thiophene rings is 1. The molecule has 5 nitrogen and oxygen atoms in total. The molecule has 1 aliphatic rings. The SMILES string of the molecule is COc1ccc(-c2csc3ncnc(NC4CCN(Cc5ccccc5)CC4)c23)cc1. The molecule has 0 spiro atoms. The zero-order valence-corrected chi connectivity index (χ0v) is 18.4. The van der Waals surface area contributed by atoms with Gasteiger partial charge in [0.2, 0.25) is 0 Å². The van der Waals surface area contributed by atoms with Crippen molar-refractivity contribution in [1.29, 1.82) is 0 Å². The highest BCUT2D eigenvalue weighted by Gasteiger charge is 2.21. The average Bonchev–Trinajstić information content (AvgIpc) is 3.26. The summed E-state index contributed by atoms with van der Waals surface area (Å²) in [5, 5.41) is 7.02. The lowest BCUT2D eigenvalue weighted by molar-refractivity contribution is 0.211. The van der Waals surface area contributed by atoms with Crippen molar-refractivity contribution in [3.63, 3.8) is 0 Å². The number of likely N-dealkylation sites (tertiary alicyclic amines) is 1. The van der Waals surface area contributed by atoms with Gasteiger partial charge in [-0.25, -0.2) is 9.97 Å². The monoisotopic (exact) mass is 430 g/mol. The predicted molar refractivity (Wildman–Crippen MR) is 128 cm³/mol. The summed E-state index contributed by atoms with van der Waals surface area (Å²) in [6, 6.07) is 19.3. The summed E-state index contributed by atoms with van der Waals surface area (Å²) in [4.78, 5) is 12.7. The summed E-state index contributed by atoms with van der Waals surface area (Å²) < 4.78 is 5.31. The Morgan fingerprint density at radius 1 is 1.03 bits per heavy atom. The van der Waals surface area contributed by atoms with Crippen molar-refractivity contribution in [1.82, 2.24) is 14.9 Å². The van der Waals surface area contributed by atoms with E-state index in [1.165, 1.54) is 11.1 Å². The van der Waals surface area contributed by atoms with Crippen LogP contribution in [0.25, 0.3) is 21.3 Å². The Bertz CT molecular complexity index is 1140. The molecule has 0 amide bonds. The summed E-state index contributed by atoms with van der Waals surface area (Å²) >= 11 is 1.67. The lowest BCUT2D eigenvalue weighted by atomic mass is 10.0. The van der Waals surface area contributed by atoms with E-state index in [4.69, 9.17) is 4.74 Å². The summed E-state index contributed by atoms with van der Waals surface area (Å²) in [6.07, 6.45) is 3.89. The van der Waals surface area contributed by atoms with Gasteiger partial charge in [-0.2, -0.15) is 0 Å². The van der Waals surface area contributed by atoms with Gasteiger partial charge >= 0.3 is 0 Å². The molecular weight excluding hydrogens is 404 g/mol. The van der Waals surface area contributed by atoms with Gasteiger partial charge in [0.05, 0.1) is 12.5 Å². The molecule has 0 unspecified atom stereocenters. The molecule has 0 aliphatic carbocycles. The van der Waals surface area contributed by atoms with Crippen molar-refractivity contribution in [2.75, 3.05) is 25.5 Å². The van der Waals surface area contributed by atoms with E-state index in [0.29, 0.717) is 6.04 Å². The van der Waals surface area contributed by atoms with Crippen molar-refractivity contribution in [3.8, 4) is 16.9 Å². The van der Waals surface area contributed by atoms with E-state index in [0.717, 1.165) is 59.8 Å². The molecule has 5 rings (SSSR count). The highest BCUT2D eigenvalue weighted by atomic mass is 32.1. The van der Waals surface area contributed by atoms with Crippen LogP contribution in [0, 0.1) is 0 Å². The summed E-state index contributed by atoms with van der Waals surface area (Å²) in [5.41, 5.74) is 3.71. The van der Waals surface area contributed by atoms with Gasteiger partial charge in [-0.1, -0.05) is 42.5 Å². The molecule has 0 atom stereocenters. The molecule has 0 saturated carbocycles. The Hall–Kier alpha value is -2.96. The molecule has 1 fully saturated rings. The van der Waals surface area contributed by atoms with Gasteiger partial charge in [-0.3, -0.25) is 4.90 Å². The first-order valence-corrected chi connectivity index (χ1v) is 11.6. The van der Waals surface area contributed by atoms with Crippen LogP contribution in [0.2, 0.25) is 0 Å². The standard InChI is InChI=1S/C25H26N4OS/c1-30-21-9-7-19(8-10-21)22-16-31-25-23(22)24(26-17-27-25)28-20-11-13-29(14-12-20)15-18-5-3-2-4-6-18/h2-10,16-17,20H,11-15H2,1H3,(H,26,27,28). The van der Waals surface area contributed by atoms with E-state index in [1.807, 2.05) is 12.1 Å². The number of nitrogens with zero attached hydrogens (tertiary/aromatic N) is 3. The third-order valence-corrected chi connectivity index (χ3v) is 6.84. The van der Waals surface area contributed by atoms with Gasteiger partial charge in [0.1, 0.15) is 22.7 Å². The van der Waals surface area contributed by atoms with Gasteiger partial charge in [-0.05, 0) is 36.1 Å². The molecule has 0 radical (unpaired) electrons. The van der Waals surface area contributed by atoms with Crippen molar-refractivity contribution < 1.29 is 4.74 Å². The molecule has 2 aromatic heterocycles.